The Morgan fingerprint density at radius 2 is 1.86 bits per heavy atom. The van der Waals surface area contributed by atoms with E-state index in [0.29, 0.717) is 5.39 Å². The summed E-state index contributed by atoms with van der Waals surface area (Å²) >= 11 is 0. The molecule has 0 unspecified atom stereocenters. The van der Waals surface area contributed by atoms with Crippen LogP contribution in [0.5, 0.6) is 11.8 Å². The van der Waals surface area contributed by atoms with E-state index >= 15 is 0 Å². The topological polar surface area (TPSA) is 133 Å². The normalized spacial score (nSPS) is 13.7. The SMILES string of the molecule is C=CCn1c(O)c2ccc(C(=O)N=NC(=O)c3n[nH]c4c3CCCC4)cc2c1O. The number of azo groups is 1. The molecule has 0 aliphatic heterocycles. The van der Waals surface area contributed by atoms with Crippen LogP contribution in [0.25, 0.3) is 10.8 Å². The van der Waals surface area contributed by atoms with Crippen molar-refractivity contribution in [3.8, 4) is 11.8 Å². The highest BCUT2D eigenvalue weighted by Crippen LogP contribution is 2.36. The van der Waals surface area contributed by atoms with Crippen molar-refractivity contribution in [2.24, 2.45) is 10.2 Å². The van der Waals surface area contributed by atoms with E-state index in [-0.39, 0.29) is 34.9 Å². The third-order valence-electron chi connectivity index (χ3n) is 5.06. The van der Waals surface area contributed by atoms with Crippen molar-refractivity contribution < 1.29 is 19.8 Å². The molecule has 2 aromatic heterocycles. The molecule has 9 heteroatoms. The van der Waals surface area contributed by atoms with Gasteiger partial charge in [0.15, 0.2) is 5.69 Å². The lowest BCUT2D eigenvalue weighted by atomic mass is 9.96. The lowest BCUT2D eigenvalue weighted by Crippen LogP contribution is -2.06. The predicted octanol–water partition coefficient (Wildman–Crippen LogP) is 3.27. The van der Waals surface area contributed by atoms with Gasteiger partial charge in [-0.15, -0.1) is 16.8 Å². The molecule has 148 valence electrons. The van der Waals surface area contributed by atoms with Gasteiger partial charge in [0.05, 0.1) is 0 Å². The van der Waals surface area contributed by atoms with Gasteiger partial charge in [-0.2, -0.15) is 5.10 Å². The van der Waals surface area contributed by atoms with Gasteiger partial charge in [0.2, 0.25) is 11.8 Å². The molecule has 3 aromatic rings. The molecular weight excluding hydrogens is 374 g/mol. The number of fused-ring (bicyclic) bond motifs is 2. The number of aromatic nitrogens is 3. The summed E-state index contributed by atoms with van der Waals surface area (Å²) in [5.41, 5.74) is 2.11. The molecule has 1 aliphatic rings. The Morgan fingerprint density at radius 3 is 2.66 bits per heavy atom. The van der Waals surface area contributed by atoms with Crippen LogP contribution in [0, 0.1) is 0 Å². The molecule has 0 bridgehead atoms. The summed E-state index contributed by atoms with van der Waals surface area (Å²) in [7, 11) is 0. The first-order valence-electron chi connectivity index (χ1n) is 9.22. The molecule has 9 nitrogen and oxygen atoms in total. The minimum Gasteiger partial charge on any atom is -0.494 e. The van der Waals surface area contributed by atoms with Crippen molar-refractivity contribution in [3.05, 3.63) is 53.4 Å². The van der Waals surface area contributed by atoms with Gasteiger partial charge in [0.1, 0.15) is 0 Å². The number of nitrogens with one attached hydrogen (secondary N) is 1. The van der Waals surface area contributed by atoms with Crippen molar-refractivity contribution in [1.82, 2.24) is 14.8 Å². The van der Waals surface area contributed by atoms with Crippen LogP contribution in [0.2, 0.25) is 0 Å². The van der Waals surface area contributed by atoms with Crippen LogP contribution in [0.4, 0.5) is 0 Å². The van der Waals surface area contributed by atoms with Gasteiger partial charge in [0.25, 0.3) is 5.91 Å². The van der Waals surface area contributed by atoms with Crippen molar-refractivity contribution in [3.63, 3.8) is 0 Å². The monoisotopic (exact) mass is 393 g/mol. The molecule has 0 atom stereocenters. The summed E-state index contributed by atoms with van der Waals surface area (Å²) in [5, 5.41) is 35.1. The minimum atomic E-state index is -0.736. The van der Waals surface area contributed by atoms with Crippen LogP contribution in [0.3, 0.4) is 0 Å². The van der Waals surface area contributed by atoms with Gasteiger partial charge in [-0.3, -0.25) is 19.3 Å². The lowest BCUT2D eigenvalue weighted by molar-refractivity contribution is 0.0944. The van der Waals surface area contributed by atoms with E-state index in [1.54, 1.807) is 0 Å². The average Bonchev–Trinajstić information content (AvgIpc) is 3.27. The van der Waals surface area contributed by atoms with Crippen LogP contribution in [0.15, 0.2) is 41.1 Å². The minimum absolute atomic E-state index is 0.128. The molecule has 0 fully saturated rings. The van der Waals surface area contributed by atoms with Crippen LogP contribution < -0.4 is 0 Å². The second kappa shape index (κ2) is 7.34. The van der Waals surface area contributed by atoms with Crippen LogP contribution in [-0.2, 0) is 19.4 Å². The number of aromatic amines is 1. The Bertz CT molecular complexity index is 1170. The van der Waals surface area contributed by atoms with Gasteiger partial charge in [-0.25, -0.2) is 0 Å². The second-order valence-electron chi connectivity index (χ2n) is 6.85. The van der Waals surface area contributed by atoms with Gasteiger partial charge in [-0.05, 0) is 43.9 Å². The number of allylic oxidation sites excluding steroid dienone is 1. The maximum Gasteiger partial charge on any atom is 0.316 e. The largest absolute Gasteiger partial charge is 0.494 e. The zero-order chi connectivity index (χ0) is 20.5. The standard InChI is InChI=1S/C20H19N5O4/c1-2-9-25-19(28)12-8-7-11(10-14(12)20(25)29)17(26)23-24-18(27)16-13-5-3-4-6-15(13)21-22-16/h2,7-8,10,28-29H,1,3-6,9H2,(H,21,22). The number of aryl methyl sites for hydroxylation is 1. The highest BCUT2D eigenvalue weighted by atomic mass is 16.3. The molecule has 0 saturated carbocycles. The quantitative estimate of drug-likeness (QED) is 0.462. The van der Waals surface area contributed by atoms with Crippen LogP contribution in [-0.4, -0.2) is 36.8 Å². The van der Waals surface area contributed by atoms with Gasteiger partial charge in [0, 0.05) is 34.1 Å². The number of aromatic hydroxyl groups is 2. The molecule has 0 spiro atoms. The summed E-state index contributed by atoms with van der Waals surface area (Å²) in [5.74, 6) is -1.73. The Kier molecular flexibility index (Phi) is 4.71. The van der Waals surface area contributed by atoms with E-state index in [1.165, 1.54) is 28.8 Å². The van der Waals surface area contributed by atoms with Crippen molar-refractivity contribution >= 4 is 22.6 Å². The second-order valence-corrected chi connectivity index (χ2v) is 6.85. The number of rotatable bonds is 4. The number of benzene rings is 1. The smallest absolute Gasteiger partial charge is 0.316 e. The Balaban J connectivity index is 1.59. The van der Waals surface area contributed by atoms with E-state index < -0.39 is 11.8 Å². The fourth-order valence-electron chi connectivity index (χ4n) is 3.60. The maximum absolute atomic E-state index is 12.4. The molecule has 1 aromatic carbocycles. The molecule has 2 amide bonds. The van der Waals surface area contributed by atoms with E-state index in [2.05, 4.69) is 27.0 Å². The summed E-state index contributed by atoms with van der Waals surface area (Å²) in [6, 6.07) is 4.34. The summed E-state index contributed by atoms with van der Waals surface area (Å²) < 4.78 is 1.26. The van der Waals surface area contributed by atoms with Crippen LogP contribution >= 0.6 is 0 Å². The fraction of sp³-hybridized carbons (Fsp3) is 0.250. The lowest BCUT2D eigenvalue weighted by Gasteiger charge is -2.09. The maximum atomic E-state index is 12.4. The number of carbonyl (C=O) groups is 2. The van der Waals surface area contributed by atoms with E-state index in [4.69, 9.17) is 0 Å². The number of H-pyrrole nitrogens is 1. The highest BCUT2D eigenvalue weighted by molar-refractivity contribution is 6.03. The molecule has 3 N–H and O–H groups in total. The third kappa shape index (κ3) is 3.20. The number of hydrogen-bond acceptors (Lipinski definition) is 5. The zero-order valence-electron chi connectivity index (χ0n) is 15.6. The third-order valence-corrected chi connectivity index (χ3v) is 5.06. The van der Waals surface area contributed by atoms with Crippen molar-refractivity contribution in [2.45, 2.75) is 32.2 Å². The predicted molar refractivity (Wildman–Crippen MR) is 104 cm³/mol. The molecular formula is C20H19N5O4. The molecule has 2 heterocycles. The first-order chi connectivity index (χ1) is 14.0. The van der Waals surface area contributed by atoms with Crippen molar-refractivity contribution in [2.75, 3.05) is 0 Å². The Morgan fingerprint density at radius 1 is 1.14 bits per heavy atom. The number of hydrogen-bond donors (Lipinski definition) is 3. The number of amides is 2. The van der Waals surface area contributed by atoms with E-state index in [0.717, 1.165) is 36.9 Å². The fourth-order valence-corrected chi connectivity index (χ4v) is 3.60. The summed E-state index contributed by atoms with van der Waals surface area (Å²) in [6.45, 7) is 3.79. The number of nitrogens with zero attached hydrogens (tertiary/aromatic N) is 4. The first-order valence-corrected chi connectivity index (χ1v) is 9.22. The Labute approximate surface area is 165 Å². The molecule has 1 aliphatic carbocycles. The summed E-state index contributed by atoms with van der Waals surface area (Å²) in [6.07, 6.45) is 5.13. The van der Waals surface area contributed by atoms with Gasteiger partial charge < -0.3 is 10.2 Å². The van der Waals surface area contributed by atoms with Gasteiger partial charge in [-0.1, -0.05) is 6.08 Å². The molecule has 4 rings (SSSR count). The first kappa shape index (κ1) is 18.6. The zero-order valence-corrected chi connectivity index (χ0v) is 15.6. The summed E-state index contributed by atoms with van der Waals surface area (Å²) in [4.78, 5) is 24.7. The van der Waals surface area contributed by atoms with Crippen molar-refractivity contribution in [1.29, 1.82) is 0 Å². The van der Waals surface area contributed by atoms with Gasteiger partial charge >= 0.3 is 5.91 Å². The van der Waals surface area contributed by atoms with E-state index in [1.807, 2.05) is 0 Å². The van der Waals surface area contributed by atoms with E-state index in [9.17, 15) is 19.8 Å². The Hall–Kier alpha value is -3.75. The average molecular weight is 393 g/mol. The molecule has 29 heavy (non-hydrogen) atoms. The highest BCUT2D eigenvalue weighted by Gasteiger charge is 2.22. The molecule has 0 saturated heterocycles. The van der Waals surface area contributed by atoms with Crippen LogP contribution in [0.1, 0.15) is 44.9 Å². The molecule has 0 radical (unpaired) electrons. The number of carbonyl (C=O) groups excluding carboxylic acids is 2.